The molecule has 5 aromatic rings. The van der Waals surface area contributed by atoms with Gasteiger partial charge in [0.2, 0.25) is 0 Å². The van der Waals surface area contributed by atoms with Gasteiger partial charge in [0.25, 0.3) is 5.91 Å². The highest BCUT2D eigenvalue weighted by atomic mass is 35.5. The molecule has 0 saturated heterocycles. The van der Waals surface area contributed by atoms with Crippen LogP contribution in [0.2, 0.25) is 5.02 Å². The first-order valence-electron chi connectivity index (χ1n) is 11.6. The molecule has 2 heterocycles. The summed E-state index contributed by atoms with van der Waals surface area (Å²) in [6.45, 7) is 4.57. The van der Waals surface area contributed by atoms with E-state index >= 15 is 0 Å². The number of carbonyl (C=O) groups excluding carboxylic acids is 1. The number of nitrogens with zero attached hydrogens (tertiary/aromatic N) is 3. The van der Waals surface area contributed by atoms with Gasteiger partial charge in [-0.25, -0.2) is 9.67 Å². The van der Waals surface area contributed by atoms with Gasteiger partial charge in [-0.3, -0.25) is 4.79 Å². The average molecular weight is 481 g/mol. The number of benzene rings is 3. The van der Waals surface area contributed by atoms with E-state index in [0.717, 1.165) is 39.8 Å². The summed E-state index contributed by atoms with van der Waals surface area (Å²) in [7, 11) is 0. The SMILES string of the molecule is CCc1ccc(-n2ncc(-c3cc(C(=O)NCc4ccc(Cl)cc4)c4ccccc4n3)c2C)cc1. The van der Waals surface area contributed by atoms with Gasteiger partial charge < -0.3 is 5.32 Å². The predicted octanol–water partition coefficient (Wildman–Crippen LogP) is 6.54. The maximum atomic E-state index is 13.3. The number of aryl methyl sites for hydroxylation is 1. The molecule has 0 bridgehead atoms. The van der Waals surface area contributed by atoms with Crippen molar-refractivity contribution in [1.82, 2.24) is 20.1 Å². The van der Waals surface area contributed by atoms with Crippen molar-refractivity contribution in [3.8, 4) is 16.9 Å². The zero-order valence-corrected chi connectivity index (χ0v) is 20.4. The Balaban J connectivity index is 1.50. The number of para-hydroxylation sites is 1. The largest absolute Gasteiger partial charge is 0.348 e. The van der Waals surface area contributed by atoms with Gasteiger partial charge >= 0.3 is 0 Å². The Morgan fingerprint density at radius 1 is 0.971 bits per heavy atom. The summed E-state index contributed by atoms with van der Waals surface area (Å²) >= 11 is 5.98. The number of nitrogens with one attached hydrogen (secondary N) is 1. The Morgan fingerprint density at radius 2 is 1.69 bits per heavy atom. The van der Waals surface area contributed by atoms with Crippen LogP contribution in [0.1, 0.15) is 34.1 Å². The number of halogens is 1. The number of pyridine rings is 1. The first-order chi connectivity index (χ1) is 17.0. The van der Waals surface area contributed by atoms with Crippen LogP contribution in [0.25, 0.3) is 27.8 Å². The number of amides is 1. The van der Waals surface area contributed by atoms with Gasteiger partial charge in [0.1, 0.15) is 0 Å². The normalized spacial score (nSPS) is 11.1. The Hall–Kier alpha value is -3.96. The maximum absolute atomic E-state index is 13.3. The molecule has 5 nitrogen and oxygen atoms in total. The molecular weight excluding hydrogens is 456 g/mol. The summed E-state index contributed by atoms with van der Waals surface area (Å²) in [5.74, 6) is -0.153. The Morgan fingerprint density at radius 3 is 2.43 bits per heavy atom. The molecule has 0 aliphatic heterocycles. The zero-order valence-electron chi connectivity index (χ0n) is 19.6. The van der Waals surface area contributed by atoms with E-state index < -0.39 is 0 Å². The van der Waals surface area contributed by atoms with E-state index in [0.29, 0.717) is 22.8 Å². The van der Waals surface area contributed by atoms with Gasteiger partial charge in [-0.05, 0) is 60.9 Å². The van der Waals surface area contributed by atoms with E-state index in [9.17, 15) is 4.79 Å². The Kier molecular flexibility index (Phi) is 6.34. The third-order valence-electron chi connectivity index (χ3n) is 6.20. The number of hydrogen-bond acceptors (Lipinski definition) is 3. The van der Waals surface area contributed by atoms with E-state index in [1.54, 1.807) is 0 Å². The Labute approximate surface area is 209 Å². The zero-order chi connectivity index (χ0) is 24.4. The van der Waals surface area contributed by atoms with E-state index in [-0.39, 0.29) is 5.91 Å². The summed E-state index contributed by atoms with van der Waals surface area (Å²) in [4.78, 5) is 18.1. The second kappa shape index (κ2) is 9.72. The Bertz CT molecular complexity index is 1500. The molecular formula is C29H25ClN4O. The minimum Gasteiger partial charge on any atom is -0.348 e. The van der Waals surface area contributed by atoms with Crippen molar-refractivity contribution >= 4 is 28.4 Å². The molecule has 0 radical (unpaired) electrons. The van der Waals surface area contributed by atoms with Crippen molar-refractivity contribution in [2.75, 3.05) is 0 Å². The first kappa shape index (κ1) is 22.8. The van der Waals surface area contributed by atoms with Crippen molar-refractivity contribution in [1.29, 1.82) is 0 Å². The van der Waals surface area contributed by atoms with Crippen molar-refractivity contribution in [2.45, 2.75) is 26.8 Å². The molecule has 1 amide bonds. The molecule has 0 atom stereocenters. The molecule has 0 aliphatic carbocycles. The van der Waals surface area contributed by atoms with Crippen LogP contribution in [-0.2, 0) is 13.0 Å². The molecule has 6 heteroatoms. The van der Waals surface area contributed by atoms with Gasteiger partial charge in [0, 0.05) is 22.5 Å². The van der Waals surface area contributed by atoms with Crippen LogP contribution < -0.4 is 5.32 Å². The van der Waals surface area contributed by atoms with Crippen LogP contribution in [0.15, 0.2) is 85.1 Å². The van der Waals surface area contributed by atoms with E-state index in [4.69, 9.17) is 16.6 Å². The lowest BCUT2D eigenvalue weighted by Gasteiger charge is -2.11. The van der Waals surface area contributed by atoms with Crippen LogP contribution in [0.4, 0.5) is 0 Å². The van der Waals surface area contributed by atoms with E-state index in [2.05, 4.69) is 41.6 Å². The van der Waals surface area contributed by atoms with Crippen molar-refractivity contribution in [3.63, 3.8) is 0 Å². The lowest BCUT2D eigenvalue weighted by molar-refractivity contribution is 0.0952. The fraction of sp³-hybridized carbons (Fsp3) is 0.138. The fourth-order valence-electron chi connectivity index (χ4n) is 4.18. The molecule has 0 saturated carbocycles. The van der Waals surface area contributed by atoms with Gasteiger partial charge in [0.05, 0.1) is 34.4 Å². The van der Waals surface area contributed by atoms with E-state index in [1.165, 1.54) is 5.56 Å². The molecule has 3 aromatic carbocycles. The topological polar surface area (TPSA) is 59.8 Å². The predicted molar refractivity (Wildman–Crippen MR) is 141 cm³/mol. The van der Waals surface area contributed by atoms with Crippen LogP contribution in [0.5, 0.6) is 0 Å². The minimum absolute atomic E-state index is 0.153. The van der Waals surface area contributed by atoms with Crippen molar-refractivity contribution in [3.05, 3.63) is 112 Å². The minimum atomic E-state index is -0.153. The van der Waals surface area contributed by atoms with Crippen LogP contribution >= 0.6 is 11.6 Å². The van der Waals surface area contributed by atoms with Gasteiger partial charge in [0.15, 0.2) is 0 Å². The molecule has 0 fully saturated rings. The highest BCUT2D eigenvalue weighted by molar-refractivity contribution is 6.30. The lowest BCUT2D eigenvalue weighted by atomic mass is 10.0. The molecule has 35 heavy (non-hydrogen) atoms. The molecule has 174 valence electrons. The van der Waals surface area contributed by atoms with Crippen LogP contribution in [0.3, 0.4) is 0 Å². The second-order valence-corrected chi connectivity index (χ2v) is 8.89. The number of carbonyl (C=O) groups is 1. The smallest absolute Gasteiger partial charge is 0.252 e. The highest BCUT2D eigenvalue weighted by Crippen LogP contribution is 2.28. The molecule has 0 unspecified atom stereocenters. The lowest BCUT2D eigenvalue weighted by Crippen LogP contribution is -2.23. The fourth-order valence-corrected chi connectivity index (χ4v) is 4.30. The number of fused-ring (bicyclic) bond motifs is 1. The molecule has 0 aliphatic rings. The number of aromatic nitrogens is 3. The third-order valence-corrected chi connectivity index (χ3v) is 6.45. The van der Waals surface area contributed by atoms with Crippen molar-refractivity contribution in [2.24, 2.45) is 0 Å². The molecule has 2 aromatic heterocycles. The monoisotopic (exact) mass is 480 g/mol. The third kappa shape index (κ3) is 4.68. The summed E-state index contributed by atoms with van der Waals surface area (Å²) in [6, 6.07) is 25.4. The average Bonchev–Trinajstić information content (AvgIpc) is 3.28. The highest BCUT2D eigenvalue weighted by Gasteiger charge is 2.17. The molecule has 1 N–H and O–H groups in total. The first-order valence-corrected chi connectivity index (χ1v) is 12.0. The number of rotatable bonds is 6. The maximum Gasteiger partial charge on any atom is 0.252 e. The second-order valence-electron chi connectivity index (χ2n) is 8.46. The summed E-state index contributed by atoms with van der Waals surface area (Å²) < 4.78 is 1.91. The van der Waals surface area contributed by atoms with Gasteiger partial charge in [-0.15, -0.1) is 0 Å². The standard InChI is InChI=1S/C29H25ClN4O/c1-3-20-10-14-23(15-11-20)34-19(2)26(18-32-34)28-16-25(24-6-4-5-7-27(24)33-28)29(35)31-17-21-8-12-22(30)13-9-21/h4-16,18H,3,17H2,1-2H3,(H,31,35). The molecule has 5 rings (SSSR count). The summed E-state index contributed by atoms with van der Waals surface area (Å²) in [6.07, 6.45) is 2.81. The number of hydrogen-bond donors (Lipinski definition) is 1. The van der Waals surface area contributed by atoms with Gasteiger partial charge in [-0.2, -0.15) is 5.10 Å². The molecule has 0 spiro atoms. The van der Waals surface area contributed by atoms with E-state index in [1.807, 2.05) is 72.4 Å². The van der Waals surface area contributed by atoms with Crippen LogP contribution in [-0.4, -0.2) is 20.7 Å². The summed E-state index contributed by atoms with van der Waals surface area (Å²) in [5, 5.41) is 9.13. The summed E-state index contributed by atoms with van der Waals surface area (Å²) in [5.41, 5.74) is 7.17. The van der Waals surface area contributed by atoms with Crippen molar-refractivity contribution < 1.29 is 4.79 Å². The van der Waals surface area contributed by atoms with Gasteiger partial charge in [-0.1, -0.05) is 61.0 Å². The van der Waals surface area contributed by atoms with Crippen LogP contribution in [0, 0.1) is 6.92 Å². The quantitative estimate of drug-likeness (QED) is 0.300.